The van der Waals surface area contributed by atoms with Crippen molar-refractivity contribution in [3.63, 3.8) is 0 Å². The molecule has 0 bridgehead atoms. The number of hydrogen-bond acceptors (Lipinski definition) is 3. The summed E-state index contributed by atoms with van der Waals surface area (Å²) in [5, 5.41) is 0. The number of nitrogens with zero attached hydrogens (tertiary/aromatic N) is 2. The molecule has 1 aromatic heterocycles. The molecule has 0 amide bonds. The van der Waals surface area contributed by atoms with E-state index in [1.165, 1.54) is 0 Å². The molecule has 2 heterocycles. The standard InChI is InChI=1S/C10H17N3O/c1-2-13-6-8(12-7-13)10(11)9-4-3-5-14-9/h6-7,9-10H,2-5,11H2,1H3. The van der Waals surface area contributed by atoms with Crippen molar-refractivity contribution in [3.8, 4) is 0 Å². The largest absolute Gasteiger partial charge is 0.376 e. The Kier molecular flexibility index (Phi) is 2.84. The van der Waals surface area contributed by atoms with Crippen LogP contribution in [-0.2, 0) is 11.3 Å². The van der Waals surface area contributed by atoms with E-state index >= 15 is 0 Å². The maximum Gasteiger partial charge on any atom is 0.0950 e. The van der Waals surface area contributed by atoms with Crippen LogP contribution in [0.1, 0.15) is 31.5 Å². The maximum atomic E-state index is 6.07. The van der Waals surface area contributed by atoms with Gasteiger partial charge < -0.3 is 15.0 Å². The number of nitrogens with two attached hydrogens (primary N) is 1. The summed E-state index contributed by atoms with van der Waals surface area (Å²) in [6.45, 7) is 3.86. The van der Waals surface area contributed by atoms with Gasteiger partial charge in [0.25, 0.3) is 0 Å². The average molecular weight is 195 g/mol. The van der Waals surface area contributed by atoms with Crippen LogP contribution in [0.15, 0.2) is 12.5 Å². The van der Waals surface area contributed by atoms with Gasteiger partial charge in [-0.15, -0.1) is 0 Å². The molecule has 1 aromatic rings. The highest BCUT2D eigenvalue weighted by Crippen LogP contribution is 2.23. The molecule has 78 valence electrons. The SMILES string of the molecule is CCn1cnc(C(N)C2CCCO2)c1. The zero-order chi connectivity index (χ0) is 9.97. The normalized spacial score (nSPS) is 24.0. The van der Waals surface area contributed by atoms with Crippen LogP contribution in [0.5, 0.6) is 0 Å². The topological polar surface area (TPSA) is 53.1 Å². The van der Waals surface area contributed by atoms with E-state index in [9.17, 15) is 0 Å². The Bertz CT molecular complexity index is 291. The molecule has 14 heavy (non-hydrogen) atoms. The van der Waals surface area contributed by atoms with Gasteiger partial charge in [0.1, 0.15) is 0 Å². The van der Waals surface area contributed by atoms with Crippen LogP contribution in [0.2, 0.25) is 0 Å². The zero-order valence-corrected chi connectivity index (χ0v) is 8.52. The molecule has 0 aromatic carbocycles. The molecule has 0 radical (unpaired) electrons. The van der Waals surface area contributed by atoms with Gasteiger partial charge in [0.15, 0.2) is 0 Å². The number of rotatable bonds is 3. The summed E-state index contributed by atoms with van der Waals surface area (Å²) in [5.41, 5.74) is 7.01. The lowest BCUT2D eigenvalue weighted by atomic mass is 10.1. The van der Waals surface area contributed by atoms with Crippen molar-refractivity contribution in [1.29, 1.82) is 0 Å². The third-order valence-corrected chi connectivity index (χ3v) is 2.73. The minimum Gasteiger partial charge on any atom is -0.376 e. The fourth-order valence-electron chi connectivity index (χ4n) is 1.80. The molecule has 0 aliphatic carbocycles. The Morgan fingerprint density at radius 3 is 3.21 bits per heavy atom. The number of aryl methyl sites for hydroxylation is 1. The van der Waals surface area contributed by atoms with Crippen LogP contribution in [0.4, 0.5) is 0 Å². The minimum atomic E-state index is -0.0645. The number of imidazole rings is 1. The molecule has 1 saturated heterocycles. The summed E-state index contributed by atoms with van der Waals surface area (Å²) in [6, 6.07) is -0.0645. The number of aromatic nitrogens is 2. The third-order valence-electron chi connectivity index (χ3n) is 2.73. The Morgan fingerprint density at radius 1 is 1.79 bits per heavy atom. The van der Waals surface area contributed by atoms with Gasteiger partial charge in [-0.1, -0.05) is 0 Å². The van der Waals surface area contributed by atoms with E-state index in [-0.39, 0.29) is 12.1 Å². The first kappa shape index (κ1) is 9.68. The molecule has 2 rings (SSSR count). The summed E-state index contributed by atoms with van der Waals surface area (Å²) in [7, 11) is 0. The number of hydrogen-bond donors (Lipinski definition) is 1. The third kappa shape index (κ3) is 1.81. The van der Waals surface area contributed by atoms with Crippen LogP contribution in [-0.4, -0.2) is 22.3 Å². The van der Waals surface area contributed by atoms with Gasteiger partial charge in [-0.25, -0.2) is 4.98 Å². The number of ether oxygens (including phenoxy) is 1. The van der Waals surface area contributed by atoms with Gasteiger partial charge in [0, 0.05) is 19.3 Å². The summed E-state index contributed by atoms with van der Waals surface area (Å²) in [5.74, 6) is 0. The molecule has 2 unspecified atom stereocenters. The highest BCUT2D eigenvalue weighted by atomic mass is 16.5. The maximum absolute atomic E-state index is 6.07. The first-order valence-corrected chi connectivity index (χ1v) is 5.20. The molecular formula is C10H17N3O. The predicted octanol–water partition coefficient (Wildman–Crippen LogP) is 1.08. The van der Waals surface area contributed by atoms with Crippen LogP contribution in [0.3, 0.4) is 0 Å². The van der Waals surface area contributed by atoms with Crippen LogP contribution < -0.4 is 5.73 Å². The smallest absolute Gasteiger partial charge is 0.0950 e. The van der Waals surface area contributed by atoms with E-state index < -0.39 is 0 Å². The fraction of sp³-hybridized carbons (Fsp3) is 0.700. The Hall–Kier alpha value is -0.870. The highest BCUT2D eigenvalue weighted by Gasteiger charge is 2.25. The van der Waals surface area contributed by atoms with Gasteiger partial charge in [0.2, 0.25) is 0 Å². The molecule has 4 nitrogen and oxygen atoms in total. The summed E-state index contributed by atoms with van der Waals surface area (Å²) < 4.78 is 7.57. The van der Waals surface area contributed by atoms with E-state index in [1.807, 2.05) is 17.1 Å². The second kappa shape index (κ2) is 4.11. The Balaban J connectivity index is 2.05. The van der Waals surface area contributed by atoms with E-state index in [4.69, 9.17) is 10.5 Å². The molecule has 1 aliphatic heterocycles. The van der Waals surface area contributed by atoms with Crippen LogP contribution >= 0.6 is 0 Å². The molecule has 2 atom stereocenters. The lowest BCUT2D eigenvalue weighted by Crippen LogP contribution is -2.25. The van der Waals surface area contributed by atoms with Gasteiger partial charge in [0.05, 0.1) is 24.2 Å². The molecule has 0 saturated carbocycles. The van der Waals surface area contributed by atoms with Crippen molar-refractivity contribution in [3.05, 3.63) is 18.2 Å². The van der Waals surface area contributed by atoms with E-state index in [0.717, 1.165) is 31.7 Å². The van der Waals surface area contributed by atoms with Crippen LogP contribution in [0.25, 0.3) is 0 Å². The summed E-state index contributed by atoms with van der Waals surface area (Å²) in [4.78, 5) is 4.29. The van der Waals surface area contributed by atoms with Crippen molar-refractivity contribution in [2.24, 2.45) is 5.73 Å². The first-order valence-electron chi connectivity index (χ1n) is 5.20. The molecular weight excluding hydrogens is 178 g/mol. The molecule has 1 fully saturated rings. The quantitative estimate of drug-likeness (QED) is 0.785. The second-order valence-electron chi connectivity index (χ2n) is 3.71. The van der Waals surface area contributed by atoms with Gasteiger partial charge >= 0.3 is 0 Å². The van der Waals surface area contributed by atoms with Crippen molar-refractivity contribution in [2.75, 3.05) is 6.61 Å². The fourth-order valence-corrected chi connectivity index (χ4v) is 1.80. The summed E-state index contributed by atoms with van der Waals surface area (Å²) >= 11 is 0. The van der Waals surface area contributed by atoms with Crippen molar-refractivity contribution in [2.45, 2.75) is 38.5 Å². The van der Waals surface area contributed by atoms with E-state index in [2.05, 4.69) is 11.9 Å². The second-order valence-corrected chi connectivity index (χ2v) is 3.71. The predicted molar refractivity (Wildman–Crippen MR) is 53.8 cm³/mol. The Morgan fingerprint density at radius 2 is 2.64 bits per heavy atom. The lowest BCUT2D eigenvalue weighted by molar-refractivity contribution is 0.0890. The molecule has 2 N–H and O–H groups in total. The molecule has 4 heteroatoms. The van der Waals surface area contributed by atoms with Crippen LogP contribution in [0, 0.1) is 0 Å². The summed E-state index contributed by atoms with van der Waals surface area (Å²) in [6.07, 6.45) is 6.17. The van der Waals surface area contributed by atoms with Gasteiger partial charge in [-0.3, -0.25) is 0 Å². The minimum absolute atomic E-state index is 0.0645. The zero-order valence-electron chi connectivity index (χ0n) is 8.52. The lowest BCUT2D eigenvalue weighted by Gasteiger charge is -2.15. The Labute approximate surface area is 84.1 Å². The van der Waals surface area contributed by atoms with Gasteiger partial charge in [-0.05, 0) is 19.8 Å². The van der Waals surface area contributed by atoms with E-state index in [0.29, 0.717) is 0 Å². The highest BCUT2D eigenvalue weighted by molar-refractivity contribution is 5.05. The monoisotopic (exact) mass is 195 g/mol. The van der Waals surface area contributed by atoms with Crippen molar-refractivity contribution < 1.29 is 4.74 Å². The molecule has 0 spiro atoms. The van der Waals surface area contributed by atoms with Gasteiger partial charge in [-0.2, -0.15) is 0 Å². The first-order chi connectivity index (χ1) is 6.81. The van der Waals surface area contributed by atoms with E-state index in [1.54, 1.807) is 0 Å². The van der Waals surface area contributed by atoms with Crippen molar-refractivity contribution in [1.82, 2.24) is 9.55 Å². The van der Waals surface area contributed by atoms with Crippen molar-refractivity contribution >= 4 is 0 Å². The average Bonchev–Trinajstić information content (AvgIpc) is 2.88. The molecule has 1 aliphatic rings.